The number of carbonyl (C=O) groups is 1. The summed E-state index contributed by atoms with van der Waals surface area (Å²) in [5, 5.41) is 0. The van der Waals surface area contributed by atoms with Crippen molar-refractivity contribution < 1.29 is 4.79 Å². The van der Waals surface area contributed by atoms with Gasteiger partial charge >= 0.3 is 0 Å². The summed E-state index contributed by atoms with van der Waals surface area (Å²) in [6.07, 6.45) is 8.65. The number of nitrogens with zero attached hydrogens (tertiary/aromatic N) is 2. The van der Waals surface area contributed by atoms with Crippen LogP contribution in [0.1, 0.15) is 19.4 Å². The molecule has 3 rings (SSSR count). The van der Waals surface area contributed by atoms with E-state index in [-0.39, 0.29) is 11.2 Å². The first kappa shape index (κ1) is 13.6. The van der Waals surface area contributed by atoms with Gasteiger partial charge in [-0.3, -0.25) is 9.79 Å². The average molecular weight is 278 g/mol. The number of rotatable bonds is 1. The molecule has 2 heterocycles. The molecule has 21 heavy (non-hydrogen) atoms. The van der Waals surface area contributed by atoms with Gasteiger partial charge in [0.25, 0.3) is 0 Å². The van der Waals surface area contributed by atoms with Gasteiger partial charge in [-0.25, -0.2) is 0 Å². The monoisotopic (exact) mass is 278 g/mol. The minimum absolute atomic E-state index is 0.0506. The third kappa shape index (κ3) is 2.15. The molecule has 0 amide bonds. The maximum Gasteiger partial charge on any atom is 0.204 e. The molecule has 0 aliphatic carbocycles. The first-order valence-electron chi connectivity index (χ1n) is 7.02. The van der Waals surface area contributed by atoms with Crippen LogP contribution < -0.4 is 4.90 Å². The van der Waals surface area contributed by atoms with Crippen molar-refractivity contribution in [3.63, 3.8) is 0 Å². The number of hydrogen-bond acceptors (Lipinski definition) is 3. The van der Waals surface area contributed by atoms with Crippen LogP contribution in [0.3, 0.4) is 0 Å². The molecular formula is C18H18N2O. The van der Waals surface area contributed by atoms with Gasteiger partial charge in [0, 0.05) is 30.1 Å². The highest BCUT2D eigenvalue weighted by molar-refractivity contribution is 6.09. The number of fused-ring (bicyclic) bond motifs is 1. The number of aliphatic imine (C=N–C) groups is 1. The lowest BCUT2D eigenvalue weighted by Crippen LogP contribution is -2.22. The third-order valence-electron chi connectivity index (χ3n) is 4.14. The average Bonchev–Trinajstić information content (AvgIpc) is 2.67. The summed E-state index contributed by atoms with van der Waals surface area (Å²) in [4.78, 5) is 18.1. The van der Waals surface area contributed by atoms with E-state index in [1.54, 1.807) is 12.3 Å². The van der Waals surface area contributed by atoms with Crippen molar-refractivity contribution in [3.8, 4) is 0 Å². The number of carbonyl (C=O) groups excluding carboxylic acids is 1. The van der Waals surface area contributed by atoms with Crippen LogP contribution in [0.2, 0.25) is 0 Å². The van der Waals surface area contributed by atoms with Gasteiger partial charge in [-0.1, -0.05) is 32.0 Å². The zero-order valence-corrected chi connectivity index (χ0v) is 12.5. The van der Waals surface area contributed by atoms with Gasteiger partial charge in [0.15, 0.2) is 0 Å². The molecule has 2 aliphatic rings. The normalized spacial score (nSPS) is 23.2. The van der Waals surface area contributed by atoms with E-state index in [0.717, 1.165) is 5.70 Å². The van der Waals surface area contributed by atoms with Gasteiger partial charge in [0.2, 0.25) is 5.78 Å². The van der Waals surface area contributed by atoms with E-state index in [9.17, 15) is 4.79 Å². The number of benzene rings is 1. The van der Waals surface area contributed by atoms with Crippen LogP contribution >= 0.6 is 0 Å². The lowest BCUT2D eigenvalue weighted by Gasteiger charge is -2.23. The minimum Gasteiger partial charge on any atom is -0.347 e. The van der Waals surface area contributed by atoms with E-state index >= 15 is 0 Å². The summed E-state index contributed by atoms with van der Waals surface area (Å²) in [7, 11) is 2.06. The van der Waals surface area contributed by atoms with Crippen LogP contribution in [0.25, 0.3) is 0 Å². The molecule has 0 spiro atoms. The predicted molar refractivity (Wildman–Crippen MR) is 86.7 cm³/mol. The first-order valence-corrected chi connectivity index (χ1v) is 7.02. The Kier molecular flexibility index (Phi) is 3.13. The number of ketones is 1. The second kappa shape index (κ2) is 4.85. The highest BCUT2D eigenvalue weighted by atomic mass is 16.1. The van der Waals surface area contributed by atoms with Crippen LogP contribution in [-0.2, 0) is 10.2 Å². The summed E-state index contributed by atoms with van der Waals surface area (Å²) in [5.74, 6) is -0.0506. The van der Waals surface area contributed by atoms with Crippen LogP contribution in [0.5, 0.6) is 0 Å². The van der Waals surface area contributed by atoms with Crippen molar-refractivity contribution in [1.82, 2.24) is 0 Å². The Morgan fingerprint density at radius 1 is 1.19 bits per heavy atom. The van der Waals surface area contributed by atoms with E-state index in [1.165, 1.54) is 17.3 Å². The first-order chi connectivity index (χ1) is 10.0. The van der Waals surface area contributed by atoms with E-state index in [0.29, 0.717) is 5.70 Å². The van der Waals surface area contributed by atoms with Crippen molar-refractivity contribution >= 4 is 17.7 Å². The Bertz CT molecular complexity index is 720. The van der Waals surface area contributed by atoms with Crippen LogP contribution in [0.15, 0.2) is 65.0 Å². The van der Waals surface area contributed by atoms with E-state index in [1.807, 2.05) is 18.2 Å². The Hall–Kier alpha value is -2.42. The summed E-state index contributed by atoms with van der Waals surface area (Å²) < 4.78 is 0. The van der Waals surface area contributed by atoms with Crippen molar-refractivity contribution in [2.75, 3.05) is 11.9 Å². The summed E-state index contributed by atoms with van der Waals surface area (Å²) in [6, 6.07) is 8.40. The summed E-state index contributed by atoms with van der Waals surface area (Å²) in [5.41, 5.74) is 4.07. The molecule has 3 nitrogen and oxygen atoms in total. The SMILES string of the molecule is CN1/C(=C/C=C2/N=CC=CC2=O)C(C)(C)c2ccccc21. The smallest absolute Gasteiger partial charge is 0.204 e. The fourth-order valence-corrected chi connectivity index (χ4v) is 2.99. The van der Waals surface area contributed by atoms with Crippen molar-refractivity contribution in [1.29, 1.82) is 0 Å². The molecule has 3 heteroatoms. The number of anilines is 1. The lowest BCUT2D eigenvalue weighted by molar-refractivity contribution is -0.111. The van der Waals surface area contributed by atoms with Gasteiger partial charge in [-0.15, -0.1) is 0 Å². The Labute approximate surface area is 125 Å². The quantitative estimate of drug-likeness (QED) is 0.738. The fraction of sp³-hybridized carbons (Fsp3) is 0.222. The highest BCUT2D eigenvalue weighted by Gasteiger charge is 2.37. The second-order valence-corrected chi connectivity index (χ2v) is 5.81. The maximum absolute atomic E-state index is 11.7. The van der Waals surface area contributed by atoms with Crippen molar-refractivity contribution in [2.24, 2.45) is 4.99 Å². The Balaban J connectivity index is 2.02. The van der Waals surface area contributed by atoms with Gasteiger partial charge in [-0.2, -0.15) is 0 Å². The highest BCUT2D eigenvalue weighted by Crippen LogP contribution is 2.46. The standard InChI is InChI=1S/C18H18N2O/c1-18(2)13-7-4-5-8-15(13)20(3)17(18)11-10-14-16(21)9-6-12-19-14/h4-12H,1-3H3/b14-10+,17-11+. The van der Waals surface area contributed by atoms with Crippen LogP contribution in [-0.4, -0.2) is 19.0 Å². The van der Waals surface area contributed by atoms with Gasteiger partial charge in [0.05, 0.1) is 0 Å². The van der Waals surface area contributed by atoms with Crippen LogP contribution in [0.4, 0.5) is 5.69 Å². The Morgan fingerprint density at radius 2 is 1.95 bits per heavy atom. The van der Waals surface area contributed by atoms with Crippen molar-refractivity contribution in [3.05, 3.63) is 65.5 Å². The summed E-state index contributed by atoms with van der Waals surface area (Å²) in [6.45, 7) is 4.40. The number of para-hydroxylation sites is 1. The molecule has 1 aromatic rings. The molecule has 0 N–H and O–H groups in total. The van der Waals surface area contributed by atoms with Crippen molar-refractivity contribution in [2.45, 2.75) is 19.3 Å². The molecule has 1 aromatic carbocycles. The second-order valence-electron chi connectivity index (χ2n) is 5.81. The minimum atomic E-state index is -0.0837. The van der Waals surface area contributed by atoms with Crippen LogP contribution in [0, 0.1) is 0 Å². The molecule has 0 radical (unpaired) electrons. The molecule has 0 saturated heterocycles. The molecule has 0 saturated carbocycles. The van der Waals surface area contributed by atoms with E-state index in [2.05, 4.69) is 49.0 Å². The molecule has 0 aromatic heterocycles. The molecule has 0 atom stereocenters. The van der Waals surface area contributed by atoms with Gasteiger partial charge in [-0.05, 0) is 35.9 Å². The zero-order chi connectivity index (χ0) is 15.0. The zero-order valence-electron chi connectivity index (χ0n) is 12.5. The number of dihydropyridines is 1. The summed E-state index contributed by atoms with van der Waals surface area (Å²) >= 11 is 0. The molecular weight excluding hydrogens is 260 g/mol. The molecule has 0 fully saturated rings. The Morgan fingerprint density at radius 3 is 2.67 bits per heavy atom. The maximum atomic E-state index is 11.7. The number of likely N-dealkylation sites (N-methyl/N-ethyl adjacent to an activating group) is 1. The number of allylic oxidation sites excluding steroid dienone is 5. The molecule has 2 aliphatic heterocycles. The molecule has 0 unspecified atom stereocenters. The topological polar surface area (TPSA) is 32.7 Å². The van der Waals surface area contributed by atoms with Gasteiger partial charge < -0.3 is 4.90 Å². The largest absolute Gasteiger partial charge is 0.347 e. The third-order valence-corrected chi connectivity index (χ3v) is 4.14. The van der Waals surface area contributed by atoms with Gasteiger partial charge in [0.1, 0.15) is 5.70 Å². The van der Waals surface area contributed by atoms with E-state index < -0.39 is 0 Å². The predicted octanol–water partition coefficient (Wildman–Crippen LogP) is 3.39. The molecule has 0 bridgehead atoms. The molecule has 106 valence electrons. The number of hydrogen-bond donors (Lipinski definition) is 0. The van der Waals surface area contributed by atoms with E-state index in [4.69, 9.17) is 0 Å². The fourth-order valence-electron chi connectivity index (χ4n) is 2.99. The lowest BCUT2D eigenvalue weighted by atomic mass is 9.84.